The summed E-state index contributed by atoms with van der Waals surface area (Å²) in [6.07, 6.45) is 0.668. The maximum absolute atomic E-state index is 8.72. The van der Waals surface area contributed by atoms with Gasteiger partial charge in [0.1, 0.15) is 5.75 Å². The topological polar surface area (TPSA) is 41.5 Å². The molecule has 0 fully saturated rings. The van der Waals surface area contributed by atoms with Gasteiger partial charge in [-0.2, -0.15) is 0 Å². The standard InChI is InChI=1S/C13H21NO2/c1-10-5-6-13(16-8-4-7-15)12(9-10)11(2)14-3/h5-6,9,11,14-15H,4,7-8H2,1-3H3. The van der Waals surface area contributed by atoms with E-state index in [1.807, 2.05) is 19.2 Å². The Morgan fingerprint density at radius 2 is 2.19 bits per heavy atom. The van der Waals surface area contributed by atoms with Crippen molar-refractivity contribution in [2.24, 2.45) is 0 Å². The van der Waals surface area contributed by atoms with Crippen molar-refractivity contribution in [2.75, 3.05) is 20.3 Å². The van der Waals surface area contributed by atoms with Gasteiger partial charge in [0.15, 0.2) is 0 Å². The van der Waals surface area contributed by atoms with E-state index in [0.717, 1.165) is 5.75 Å². The van der Waals surface area contributed by atoms with Crippen LogP contribution in [0.5, 0.6) is 5.75 Å². The first-order valence-corrected chi connectivity index (χ1v) is 5.70. The van der Waals surface area contributed by atoms with Crippen LogP contribution in [-0.2, 0) is 0 Å². The average Bonchev–Trinajstić information content (AvgIpc) is 2.30. The molecule has 0 bridgehead atoms. The summed E-state index contributed by atoms with van der Waals surface area (Å²) >= 11 is 0. The third-order valence-corrected chi connectivity index (χ3v) is 2.62. The van der Waals surface area contributed by atoms with Crippen molar-refractivity contribution >= 4 is 0 Å². The summed E-state index contributed by atoms with van der Waals surface area (Å²) in [7, 11) is 1.94. The zero-order valence-corrected chi connectivity index (χ0v) is 10.3. The van der Waals surface area contributed by atoms with Gasteiger partial charge in [0.2, 0.25) is 0 Å². The van der Waals surface area contributed by atoms with E-state index in [1.165, 1.54) is 11.1 Å². The predicted molar refractivity (Wildman–Crippen MR) is 65.9 cm³/mol. The minimum Gasteiger partial charge on any atom is -0.493 e. The predicted octanol–water partition coefficient (Wildman–Crippen LogP) is 2.04. The number of rotatable bonds is 6. The average molecular weight is 223 g/mol. The highest BCUT2D eigenvalue weighted by atomic mass is 16.5. The number of aryl methyl sites for hydroxylation is 1. The molecule has 0 aromatic heterocycles. The zero-order valence-electron chi connectivity index (χ0n) is 10.3. The van der Waals surface area contributed by atoms with Crippen molar-refractivity contribution in [1.29, 1.82) is 0 Å². The first kappa shape index (κ1) is 13.0. The molecule has 3 nitrogen and oxygen atoms in total. The minimum atomic E-state index is 0.169. The molecule has 1 aromatic rings. The summed E-state index contributed by atoms with van der Waals surface area (Å²) in [5.41, 5.74) is 2.40. The SMILES string of the molecule is CNC(C)c1cc(C)ccc1OCCCO. The molecule has 90 valence electrons. The molecule has 0 saturated carbocycles. The van der Waals surface area contributed by atoms with Crippen molar-refractivity contribution in [3.05, 3.63) is 29.3 Å². The molecule has 0 heterocycles. The van der Waals surface area contributed by atoms with E-state index in [4.69, 9.17) is 9.84 Å². The summed E-state index contributed by atoms with van der Waals surface area (Å²) in [6, 6.07) is 6.44. The Labute approximate surface area is 97.4 Å². The van der Waals surface area contributed by atoms with E-state index in [9.17, 15) is 0 Å². The van der Waals surface area contributed by atoms with Crippen LogP contribution in [0.25, 0.3) is 0 Å². The molecule has 1 unspecified atom stereocenters. The Kier molecular flexibility index (Phi) is 5.29. The van der Waals surface area contributed by atoms with E-state index >= 15 is 0 Å². The van der Waals surface area contributed by atoms with Gasteiger partial charge in [0.25, 0.3) is 0 Å². The Balaban J connectivity index is 2.80. The van der Waals surface area contributed by atoms with Gasteiger partial charge >= 0.3 is 0 Å². The van der Waals surface area contributed by atoms with Crippen molar-refractivity contribution in [2.45, 2.75) is 26.3 Å². The fourth-order valence-corrected chi connectivity index (χ4v) is 1.54. The van der Waals surface area contributed by atoms with Gasteiger partial charge in [0, 0.05) is 24.6 Å². The lowest BCUT2D eigenvalue weighted by Gasteiger charge is -2.17. The summed E-state index contributed by atoms with van der Waals surface area (Å²) in [6.45, 7) is 4.91. The molecule has 2 N–H and O–H groups in total. The number of hydrogen-bond donors (Lipinski definition) is 2. The van der Waals surface area contributed by atoms with Crippen LogP contribution in [0, 0.1) is 6.92 Å². The van der Waals surface area contributed by atoms with E-state index in [-0.39, 0.29) is 12.6 Å². The van der Waals surface area contributed by atoms with Crippen molar-refractivity contribution in [3.8, 4) is 5.75 Å². The number of aliphatic hydroxyl groups excluding tert-OH is 1. The number of hydrogen-bond acceptors (Lipinski definition) is 3. The van der Waals surface area contributed by atoms with Crippen molar-refractivity contribution in [1.82, 2.24) is 5.32 Å². The normalized spacial score (nSPS) is 12.5. The van der Waals surface area contributed by atoms with Gasteiger partial charge in [-0.15, -0.1) is 0 Å². The van der Waals surface area contributed by atoms with Crippen LogP contribution >= 0.6 is 0 Å². The summed E-state index contributed by atoms with van der Waals surface area (Å²) in [5, 5.41) is 11.9. The molecule has 1 rings (SSSR count). The fourth-order valence-electron chi connectivity index (χ4n) is 1.54. The summed E-state index contributed by atoms with van der Waals surface area (Å²) in [5.74, 6) is 0.904. The van der Waals surface area contributed by atoms with E-state index in [2.05, 4.69) is 25.2 Å². The molecule has 0 aliphatic carbocycles. The second kappa shape index (κ2) is 6.51. The van der Waals surface area contributed by atoms with Crippen molar-refractivity contribution in [3.63, 3.8) is 0 Å². The third-order valence-electron chi connectivity index (χ3n) is 2.62. The lowest BCUT2D eigenvalue weighted by atomic mass is 10.0. The van der Waals surface area contributed by atoms with Crippen LogP contribution < -0.4 is 10.1 Å². The summed E-state index contributed by atoms with van der Waals surface area (Å²) < 4.78 is 5.66. The number of ether oxygens (including phenoxy) is 1. The van der Waals surface area contributed by atoms with Gasteiger partial charge in [-0.25, -0.2) is 0 Å². The van der Waals surface area contributed by atoms with E-state index in [0.29, 0.717) is 13.0 Å². The molecule has 0 amide bonds. The number of nitrogens with one attached hydrogen (secondary N) is 1. The zero-order chi connectivity index (χ0) is 12.0. The monoisotopic (exact) mass is 223 g/mol. The van der Waals surface area contributed by atoms with Crippen LogP contribution in [0.15, 0.2) is 18.2 Å². The number of aliphatic hydroxyl groups is 1. The molecule has 0 aliphatic rings. The van der Waals surface area contributed by atoms with Crippen LogP contribution in [-0.4, -0.2) is 25.4 Å². The van der Waals surface area contributed by atoms with Gasteiger partial charge in [0.05, 0.1) is 6.61 Å². The third kappa shape index (κ3) is 3.51. The quantitative estimate of drug-likeness (QED) is 0.725. The van der Waals surface area contributed by atoms with Crippen molar-refractivity contribution < 1.29 is 9.84 Å². The van der Waals surface area contributed by atoms with Crippen LogP contribution in [0.4, 0.5) is 0 Å². The Hall–Kier alpha value is -1.06. The Morgan fingerprint density at radius 1 is 1.44 bits per heavy atom. The van der Waals surface area contributed by atoms with Gasteiger partial charge in [-0.3, -0.25) is 0 Å². The van der Waals surface area contributed by atoms with Crippen LogP contribution in [0.1, 0.15) is 30.5 Å². The number of benzene rings is 1. The second-order valence-corrected chi connectivity index (χ2v) is 3.98. The van der Waals surface area contributed by atoms with Crippen LogP contribution in [0.3, 0.4) is 0 Å². The molecular weight excluding hydrogens is 202 g/mol. The molecule has 0 saturated heterocycles. The first-order chi connectivity index (χ1) is 7.69. The van der Waals surface area contributed by atoms with Crippen LogP contribution in [0.2, 0.25) is 0 Å². The Bertz CT molecular complexity index is 326. The molecule has 1 aromatic carbocycles. The minimum absolute atomic E-state index is 0.169. The highest BCUT2D eigenvalue weighted by molar-refractivity contribution is 5.38. The molecule has 16 heavy (non-hydrogen) atoms. The molecule has 0 radical (unpaired) electrons. The van der Waals surface area contributed by atoms with Gasteiger partial charge < -0.3 is 15.2 Å². The second-order valence-electron chi connectivity index (χ2n) is 3.98. The van der Waals surface area contributed by atoms with Gasteiger partial charge in [-0.05, 0) is 27.0 Å². The maximum atomic E-state index is 8.72. The smallest absolute Gasteiger partial charge is 0.124 e. The lowest BCUT2D eigenvalue weighted by Crippen LogP contribution is -2.14. The lowest BCUT2D eigenvalue weighted by molar-refractivity contribution is 0.232. The highest BCUT2D eigenvalue weighted by Crippen LogP contribution is 2.26. The Morgan fingerprint density at radius 3 is 2.81 bits per heavy atom. The van der Waals surface area contributed by atoms with Gasteiger partial charge in [-0.1, -0.05) is 17.7 Å². The molecule has 1 atom stereocenters. The molecule has 0 spiro atoms. The highest BCUT2D eigenvalue weighted by Gasteiger charge is 2.09. The molecule has 0 aliphatic heterocycles. The molecule has 3 heteroatoms. The van der Waals surface area contributed by atoms with E-state index < -0.39 is 0 Å². The first-order valence-electron chi connectivity index (χ1n) is 5.70. The fraction of sp³-hybridized carbons (Fsp3) is 0.538. The van der Waals surface area contributed by atoms with E-state index in [1.54, 1.807) is 0 Å². The largest absolute Gasteiger partial charge is 0.493 e. The maximum Gasteiger partial charge on any atom is 0.124 e. The molecular formula is C13H21NO2. The summed E-state index contributed by atoms with van der Waals surface area (Å²) in [4.78, 5) is 0.